The van der Waals surface area contributed by atoms with Gasteiger partial charge in [0.1, 0.15) is 11.9 Å². The summed E-state index contributed by atoms with van der Waals surface area (Å²) in [4.78, 5) is 0. The Bertz CT molecular complexity index is 800. The fraction of sp³-hybridized carbons (Fsp3) is 0.455. The van der Waals surface area contributed by atoms with Crippen molar-refractivity contribution in [3.05, 3.63) is 48.0 Å². The Morgan fingerprint density at radius 2 is 1.43 bits per heavy atom. The summed E-state index contributed by atoms with van der Waals surface area (Å²) in [7, 11) is 2.85. The fourth-order valence-electron chi connectivity index (χ4n) is 3.04. The van der Waals surface area contributed by atoms with Crippen molar-refractivity contribution in [3.8, 4) is 17.2 Å². The maximum absolute atomic E-state index is 6.15. The van der Waals surface area contributed by atoms with Gasteiger partial charge in [-0.25, -0.2) is 0 Å². The van der Waals surface area contributed by atoms with E-state index in [9.17, 15) is 0 Å². The van der Waals surface area contributed by atoms with Crippen molar-refractivity contribution in [2.45, 2.75) is 51.9 Å². The summed E-state index contributed by atoms with van der Waals surface area (Å²) in [5.41, 5.74) is 1.18. The maximum Gasteiger partial charge on any atom is 0.494 e. The highest BCUT2D eigenvalue weighted by atomic mass is 16.7. The summed E-state index contributed by atoms with van der Waals surface area (Å²) < 4.78 is 29.2. The summed E-state index contributed by atoms with van der Waals surface area (Å²) in [6, 6.07) is 13.6. The molecule has 5 nitrogen and oxygen atoms in total. The molecule has 2 aromatic carbocycles. The van der Waals surface area contributed by atoms with E-state index >= 15 is 0 Å². The van der Waals surface area contributed by atoms with Crippen LogP contribution >= 0.6 is 0 Å². The number of hydrogen-bond donors (Lipinski definition) is 0. The number of methoxy groups -OCH3 is 2. The quantitative estimate of drug-likeness (QED) is 0.701. The first-order chi connectivity index (χ1) is 13.2. The van der Waals surface area contributed by atoms with Crippen LogP contribution in [0.5, 0.6) is 17.2 Å². The van der Waals surface area contributed by atoms with Crippen molar-refractivity contribution in [3.63, 3.8) is 0 Å². The fourth-order valence-corrected chi connectivity index (χ4v) is 3.04. The van der Waals surface area contributed by atoms with Crippen LogP contribution in [-0.2, 0) is 9.31 Å². The summed E-state index contributed by atoms with van der Waals surface area (Å²) >= 11 is 0. The van der Waals surface area contributed by atoms with Gasteiger partial charge in [-0.3, -0.25) is 0 Å². The van der Waals surface area contributed by atoms with Crippen LogP contribution in [0.25, 0.3) is 0 Å². The second kappa shape index (κ2) is 7.68. The van der Waals surface area contributed by atoms with E-state index in [2.05, 4.69) is 0 Å². The molecule has 150 valence electrons. The molecule has 0 bridgehead atoms. The zero-order chi connectivity index (χ0) is 20.5. The maximum atomic E-state index is 6.15. The Hall–Kier alpha value is -2.18. The van der Waals surface area contributed by atoms with Crippen LogP contribution in [0.1, 0.15) is 46.3 Å². The number of benzene rings is 2. The van der Waals surface area contributed by atoms with Gasteiger partial charge >= 0.3 is 7.12 Å². The van der Waals surface area contributed by atoms with E-state index in [4.69, 9.17) is 23.5 Å². The number of hydrogen-bond acceptors (Lipinski definition) is 5. The lowest BCUT2D eigenvalue weighted by Gasteiger charge is -2.32. The molecule has 1 fully saturated rings. The van der Waals surface area contributed by atoms with Crippen molar-refractivity contribution in [1.82, 2.24) is 0 Å². The largest absolute Gasteiger partial charge is 0.497 e. The lowest BCUT2D eigenvalue weighted by atomic mass is 9.79. The molecule has 0 N–H and O–H groups in total. The number of ether oxygens (including phenoxy) is 3. The molecule has 0 aromatic heterocycles. The summed E-state index contributed by atoms with van der Waals surface area (Å²) in [5, 5.41) is 0. The van der Waals surface area contributed by atoms with Gasteiger partial charge in [-0.15, -0.1) is 0 Å². The van der Waals surface area contributed by atoms with E-state index < -0.39 is 7.12 Å². The minimum Gasteiger partial charge on any atom is -0.497 e. The Labute approximate surface area is 168 Å². The first-order valence-electron chi connectivity index (χ1n) is 9.51. The van der Waals surface area contributed by atoms with Crippen LogP contribution in [0.2, 0.25) is 0 Å². The van der Waals surface area contributed by atoms with Crippen molar-refractivity contribution < 1.29 is 23.5 Å². The molecule has 0 radical (unpaired) electrons. The lowest BCUT2D eigenvalue weighted by molar-refractivity contribution is 0.00578. The van der Waals surface area contributed by atoms with Crippen LogP contribution < -0.4 is 19.7 Å². The van der Waals surface area contributed by atoms with Gasteiger partial charge < -0.3 is 23.5 Å². The third-order valence-electron chi connectivity index (χ3n) is 5.60. The highest BCUT2D eigenvalue weighted by Crippen LogP contribution is 2.37. The van der Waals surface area contributed by atoms with Crippen molar-refractivity contribution >= 4 is 12.6 Å². The SMILES string of the molecule is COc1ccc(C(C)Oc2ccc(B3OC(C)(C)C(C)(C)O3)cc2OC)cc1. The topological polar surface area (TPSA) is 46.2 Å². The second-order valence-electron chi connectivity index (χ2n) is 8.03. The zero-order valence-electron chi connectivity index (χ0n) is 17.7. The van der Waals surface area contributed by atoms with Crippen molar-refractivity contribution in [1.29, 1.82) is 0 Å². The van der Waals surface area contributed by atoms with Gasteiger partial charge in [0.15, 0.2) is 11.5 Å². The first-order valence-corrected chi connectivity index (χ1v) is 9.51. The van der Waals surface area contributed by atoms with Crippen LogP contribution in [-0.4, -0.2) is 32.5 Å². The van der Waals surface area contributed by atoms with Gasteiger partial charge in [0.05, 0.1) is 25.4 Å². The highest BCUT2D eigenvalue weighted by Gasteiger charge is 2.51. The van der Waals surface area contributed by atoms with Crippen LogP contribution in [0.3, 0.4) is 0 Å². The average Bonchev–Trinajstić information content (AvgIpc) is 2.89. The molecular formula is C22H29BO5. The van der Waals surface area contributed by atoms with E-state index in [-0.39, 0.29) is 17.3 Å². The molecule has 0 amide bonds. The molecule has 1 aliphatic heterocycles. The molecule has 1 atom stereocenters. The van der Waals surface area contributed by atoms with Gasteiger partial charge in [-0.2, -0.15) is 0 Å². The summed E-state index contributed by atoms with van der Waals surface area (Å²) in [5.74, 6) is 2.14. The normalized spacial score (nSPS) is 18.6. The van der Waals surface area contributed by atoms with Crippen molar-refractivity contribution in [2.75, 3.05) is 14.2 Å². The van der Waals surface area contributed by atoms with Gasteiger partial charge in [0.25, 0.3) is 0 Å². The Morgan fingerprint density at radius 3 is 1.96 bits per heavy atom. The van der Waals surface area contributed by atoms with Crippen LogP contribution in [0.15, 0.2) is 42.5 Å². The predicted molar refractivity (Wildman–Crippen MR) is 111 cm³/mol. The average molecular weight is 384 g/mol. The van der Waals surface area contributed by atoms with E-state index in [0.29, 0.717) is 11.5 Å². The van der Waals surface area contributed by atoms with E-state index in [1.54, 1.807) is 14.2 Å². The summed E-state index contributed by atoms with van der Waals surface area (Å²) in [6.07, 6.45) is -0.137. The van der Waals surface area contributed by atoms with E-state index in [1.807, 2.05) is 77.1 Å². The zero-order valence-corrected chi connectivity index (χ0v) is 17.7. The van der Waals surface area contributed by atoms with Gasteiger partial charge in [-0.1, -0.05) is 18.2 Å². The number of rotatable bonds is 6. The minimum absolute atomic E-state index is 0.137. The van der Waals surface area contributed by atoms with Gasteiger partial charge in [0.2, 0.25) is 0 Å². The molecule has 1 aliphatic rings. The molecule has 28 heavy (non-hydrogen) atoms. The lowest BCUT2D eigenvalue weighted by Crippen LogP contribution is -2.41. The molecule has 0 spiro atoms. The van der Waals surface area contributed by atoms with Gasteiger partial charge in [-0.05, 0) is 69.9 Å². The molecule has 1 heterocycles. The molecular weight excluding hydrogens is 355 g/mol. The molecule has 6 heteroatoms. The monoisotopic (exact) mass is 384 g/mol. The standard InChI is InChI=1S/C22H29BO5/c1-15(16-8-11-18(24-6)12-9-16)26-19-13-10-17(14-20(19)25-7)23-27-21(2,3)22(4,5)28-23/h8-15H,1-7H3. The third-order valence-corrected chi connectivity index (χ3v) is 5.60. The smallest absolute Gasteiger partial charge is 0.494 e. The molecule has 1 saturated heterocycles. The molecule has 2 aromatic rings. The van der Waals surface area contributed by atoms with Gasteiger partial charge in [0, 0.05) is 0 Å². The Kier molecular flexibility index (Phi) is 5.64. The molecule has 3 rings (SSSR count). The minimum atomic E-state index is -0.438. The third kappa shape index (κ3) is 3.98. The Balaban J connectivity index is 1.78. The van der Waals surface area contributed by atoms with Crippen LogP contribution in [0, 0.1) is 0 Å². The molecule has 0 aliphatic carbocycles. The van der Waals surface area contributed by atoms with E-state index in [1.165, 1.54) is 0 Å². The second-order valence-corrected chi connectivity index (χ2v) is 8.03. The van der Waals surface area contributed by atoms with Crippen LogP contribution in [0.4, 0.5) is 0 Å². The van der Waals surface area contributed by atoms with E-state index in [0.717, 1.165) is 16.8 Å². The highest BCUT2D eigenvalue weighted by molar-refractivity contribution is 6.62. The first kappa shape index (κ1) is 20.6. The summed E-state index contributed by atoms with van der Waals surface area (Å²) in [6.45, 7) is 10.2. The Morgan fingerprint density at radius 1 is 0.821 bits per heavy atom. The predicted octanol–water partition coefficient (Wildman–Crippen LogP) is 4.14. The molecule has 0 saturated carbocycles. The van der Waals surface area contributed by atoms with Crippen molar-refractivity contribution in [2.24, 2.45) is 0 Å². The molecule has 1 unspecified atom stereocenters.